The van der Waals surface area contributed by atoms with E-state index < -0.39 is 0 Å². The summed E-state index contributed by atoms with van der Waals surface area (Å²) in [7, 11) is 4.17. The van der Waals surface area contributed by atoms with E-state index in [-0.39, 0.29) is 11.9 Å². The Bertz CT molecular complexity index is 626. The van der Waals surface area contributed by atoms with Crippen LogP contribution in [0.25, 0.3) is 10.9 Å². The van der Waals surface area contributed by atoms with Crippen LogP contribution in [0.3, 0.4) is 0 Å². The number of hydrogen-bond acceptors (Lipinski definition) is 4. The number of benzene rings is 1. The molecule has 0 unspecified atom stereocenters. The van der Waals surface area contributed by atoms with Crippen molar-refractivity contribution < 1.29 is 4.79 Å². The van der Waals surface area contributed by atoms with Crippen molar-refractivity contribution >= 4 is 16.8 Å². The first-order chi connectivity index (χ1) is 10.1. The molecule has 6 nitrogen and oxygen atoms in total. The van der Waals surface area contributed by atoms with Gasteiger partial charge in [0.1, 0.15) is 0 Å². The van der Waals surface area contributed by atoms with Crippen LogP contribution in [0.15, 0.2) is 24.3 Å². The van der Waals surface area contributed by atoms with E-state index in [1.807, 2.05) is 24.3 Å². The number of likely N-dealkylation sites (N-methyl/N-ethyl adjacent to an activating group) is 2. The van der Waals surface area contributed by atoms with E-state index in [4.69, 9.17) is 0 Å². The molecule has 1 aromatic carbocycles. The number of amides is 1. The minimum absolute atomic E-state index is 0.110. The Morgan fingerprint density at radius 1 is 1.24 bits per heavy atom. The van der Waals surface area contributed by atoms with Gasteiger partial charge in [-0.15, -0.1) is 0 Å². The summed E-state index contributed by atoms with van der Waals surface area (Å²) in [4.78, 5) is 17.0. The maximum atomic E-state index is 12.5. The number of H-pyrrole nitrogens is 1. The monoisotopic (exact) mass is 287 g/mol. The van der Waals surface area contributed by atoms with E-state index in [1.54, 1.807) is 0 Å². The summed E-state index contributed by atoms with van der Waals surface area (Å²) in [6.07, 6.45) is 0. The highest BCUT2D eigenvalue weighted by Crippen LogP contribution is 2.15. The number of aromatic amines is 1. The molecule has 0 aliphatic carbocycles. The van der Waals surface area contributed by atoms with Gasteiger partial charge in [-0.05, 0) is 20.2 Å². The van der Waals surface area contributed by atoms with Crippen LogP contribution in [0, 0.1) is 0 Å². The summed E-state index contributed by atoms with van der Waals surface area (Å²) in [5.74, 6) is -0.110. The third kappa shape index (κ3) is 3.06. The predicted molar refractivity (Wildman–Crippen MR) is 82.3 cm³/mol. The lowest BCUT2D eigenvalue weighted by Gasteiger charge is -2.21. The second-order valence-corrected chi connectivity index (χ2v) is 5.81. The van der Waals surface area contributed by atoms with Crippen molar-refractivity contribution in [2.75, 3.05) is 40.3 Å². The minimum Gasteiger partial charge on any atom is -0.345 e. The lowest BCUT2D eigenvalue weighted by atomic mass is 10.2. The van der Waals surface area contributed by atoms with E-state index >= 15 is 0 Å². The van der Waals surface area contributed by atoms with E-state index in [0.717, 1.165) is 37.1 Å². The van der Waals surface area contributed by atoms with Gasteiger partial charge in [-0.1, -0.05) is 18.2 Å². The van der Waals surface area contributed by atoms with Gasteiger partial charge >= 0.3 is 0 Å². The van der Waals surface area contributed by atoms with Crippen LogP contribution in [-0.4, -0.2) is 72.2 Å². The molecule has 2 aromatic rings. The average molecular weight is 287 g/mol. The van der Waals surface area contributed by atoms with Crippen molar-refractivity contribution in [2.24, 2.45) is 0 Å². The molecule has 6 heteroatoms. The molecule has 112 valence electrons. The van der Waals surface area contributed by atoms with Crippen LogP contribution in [-0.2, 0) is 0 Å². The van der Waals surface area contributed by atoms with Gasteiger partial charge in [0, 0.05) is 31.6 Å². The highest BCUT2D eigenvalue weighted by Gasteiger charge is 2.22. The highest BCUT2D eigenvalue weighted by molar-refractivity contribution is 6.04. The zero-order valence-corrected chi connectivity index (χ0v) is 12.5. The van der Waals surface area contributed by atoms with Crippen molar-refractivity contribution in [3.05, 3.63) is 30.0 Å². The van der Waals surface area contributed by atoms with Gasteiger partial charge in [0.15, 0.2) is 5.69 Å². The van der Waals surface area contributed by atoms with Gasteiger partial charge in [0.25, 0.3) is 5.91 Å². The lowest BCUT2D eigenvalue weighted by Crippen LogP contribution is -2.45. The largest absolute Gasteiger partial charge is 0.345 e. The molecule has 1 saturated heterocycles. The first-order valence-corrected chi connectivity index (χ1v) is 7.24. The summed E-state index contributed by atoms with van der Waals surface area (Å²) < 4.78 is 0. The molecule has 0 atom stereocenters. The van der Waals surface area contributed by atoms with Crippen molar-refractivity contribution in [1.82, 2.24) is 25.3 Å². The van der Waals surface area contributed by atoms with Gasteiger partial charge in [-0.3, -0.25) is 9.89 Å². The SMILES string of the molecule is CN1CCN(C)CC(NC(=O)c2n[nH]c3ccccc23)C1. The quantitative estimate of drug-likeness (QED) is 0.846. The molecule has 2 N–H and O–H groups in total. The molecule has 0 radical (unpaired) electrons. The molecule has 21 heavy (non-hydrogen) atoms. The van der Waals surface area contributed by atoms with Crippen molar-refractivity contribution in [3.63, 3.8) is 0 Å². The molecular weight excluding hydrogens is 266 g/mol. The van der Waals surface area contributed by atoms with Crippen LogP contribution in [0.1, 0.15) is 10.5 Å². The maximum absolute atomic E-state index is 12.5. The smallest absolute Gasteiger partial charge is 0.272 e. The molecule has 0 saturated carbocycles. The first kappa shape index (κ1) is 14.0. The molecule has 0 spiro atoms. The van der Waals surface area contributed by atoms with E-state index in [0.29, 0.717) is 5.69 Å². The van der Waals surface area contributed by atoms with Crippen molar-refractivity contribution in [3.8, 4) is 0 Å². The van der Waals surface area contributed by atoms with Crippen LogP contribution >= 0.6 is 0 Å². The number of carbonyl (C=O) groups excluding carboxylic acids is 1. The van der Waals surface area contributed by atoms with Gasteiger partial charge in [-0.25, -0.2) is 0 Å². The summed E-state index contributed by atoms with van der Waals surface area (Å²) in [5, 5.41) is 11.0. The van der Waals surface area contributed by atoms with Gasteiger partial charge in [0.2, 0.25) is 0 Å². The Morgan fingerprint density at radius 2 is 1.90 bits per heavy atom. The van der Waals surface area contributed by atoms with Crippen molar-refractivity contribution in [2.45, 2.75) is 6.04 Å². The number of nitrogens with one attached hydrogen (secondary N) is 2. The molecule has 1 amide bonds. The third-order valence-electron chi connectivity index (χ3n) is 3.95. The van der Waals surface area contributed by atoms with Crippen LogP contribution < -0.4 is 5.32 Å². The number of hydrogen-bond donors (Lipinski definition) is 2. The van der Waals surface area contributed by atoms with E-state index in [2.05, 4.69) is 39.4 Å². The Kier molecular flexibility index (Phi) is 3.90. The summed E-state index contributed by atoms with van der Waals surface area (Å²) in [5.41, 5.74) is 1.36. The number of aromatic nitrogens is 2. The topological polar surface area (TPSA) is 64.3 Å². The minimum atomic E-state index is -0.110. The van der Waals surface area contributed by atoms with Gasteiger partial charge in [-0.2, -0.15) is 5.10 Å². The fourth-order valence-electron chi connectivity index (χ4n) is 2.82. The average Bonchev–Trinajstić information content (AvgIpc) is 2.82. The van der Waals surface area contributed by atoms with Crippen molar-refractivity contribution in [1.29, 1.82) is 0 Å². The number of para-hydroxylation sites is 1. The summed E-state index contributed by atoms with van der Waals surface area (Å²) in [6, 6.07) is 7.80. The summed E-state index contributed by atoms with van der Waals surface area (Å²) in [6.45, 7) is 3.76. The molecule has 1 fully saturated rings. The Labute approximate surface area is 124 Å². The van der Waals surface area contributed by atoms with Gasteiger partial charge < -0.3 is 15.1 Å². The zero-order valence-electron chi connectivity index (χ0n) is 12.5. The molecule has 2 heterocycles. The molecular formula is C15H21N5O. The normalized spacial score (nSPS) is 18.8. The Balaban J connectivity index is 1.76. The zero-order chi connectivity index (χ0) is 14.8. The third-order valence-corrected chi connectivity index (χ3v) is 3.95. The number of rotatable bonds is 2. The maximum Gasteiger partial charge on any atom is 0.272 e. The van der Waals surface area contributed by atoms with Crippen LogP contribution in [0.5, 0.6) is 0 Å². The highest BCUT2D eigenvalue weighted by atomic mass is 16.2. The van der Waals surface area contributed by atoms with E-state index in [9.17, 15) is 4.79 Å². The molecule has 0 bridgehead atoms. The first-order valence-electron chi connectivity index (χ1n) is 7.24. The second kappa shape index (κ2) is 5.83. The molecule has 3 rings (SSSR count). The molecule has 1 aromatic heterocycles. The van der Waals surface area contributed by atoms with Crippen LogP contribution in [0.2, 0.25) is 0 Å². The van der Waals surface area contributed by atoms with E-state index in [1.165, 1.54) is 0 Å². The van der Waals surface area contributed by atoms with Crippen LogP contribution in [0.4, 0.5) is 0 Å². The fourth-order valence-corrected chi connectivity index (χ4v) is 2.82. The molecule has 1 aliphatic heterocycles. The lowest BCUT2D eigenvalue weighted by molar-refractivity contribution is 0.0923. The standard InChI is InChI=1S/C15H21N5O/c1-19-7-8-20(2)10-11(9-19)16-15(21)14-12-5-3-4-6-13(12)17-18-14/h3-6,11H,7-10H2,1-2H3,(H,16,21)(H,17,18). The Hall–Kier alpha value is -1.92. The molecule has 1 aliphatic rings. The number of fused-ring (bicyclic) bond motifs is 1. The number of nitrogens with zero attached hydrogens (tertiary/aromatic N) is 3. The number of carbonyl (C=O) groups is 1. The Morgan fingerprint density at radius 3 is 2.62 bits per heavy atom. The fraction of sp³-hybridized carbons (Fsp3) is 0.467. The predicted octanol–water partition coefficient (Wildman–Crippen LogP) is 0.539. The summed E-state index contributed by atoms with van der Waals surface area (Å²) >= 11 is 0. The van der Waals surface area contributed by atoms with Gasteiger partial charge in [0.05, 0.1) is 11.6 Å². The second-order valence-electron chi connectivity index (χ2n) is 5.81.